The molecule has 1 aromatic heterocycles. The number of aliphatic hydroxyl groups is 1. The van der Waals surface area contributed by atoms with Gasteiger partial charge in [0.25, 0.3) is 5.91 Å². The van der Waals surface area contributed by atoms with Gasteiger partial charge in [-0.3, -0.25) is 9.78 Å². The number of aliphatic hydroxyl groups excluding tert-OH is 1. The third kappa shape index (κ3) is 3.33. The van der Waals surface area contributed by atoms with Crippen LogP contribution in [0.15, 0.2) is 42.6 Å². The summed E-state index contributed by atoms with van der Waals surface area (Å²) in [7, 11) is 0. The molecule has 4 N–H and O–H groups in total. The van der Waals surface area contributed by atoms with Gasteiger partial charge in [-0.2, -0.15) is 0 Å². The van der Waals surface area contributed by atoms with E-state index in [-0.39, 0.29) is 12.5 Å². The third-order valence-corrected chi connectivity index (χ3v) is 2.99. The van der Waals surface area contributed by atoms with Crippen LogP contribution in [0.4, 0.5) is 5.69 Å². The first-order chi connectivity index (χ1) is 9.58. The van der Waals surface area contributed by atoms with Gasteiger partial charge in [-0.15, -0.1) is 0 Å². The van der Waals surface area contributed by atoms with E-state index in [1.54, 1.807) is 13.0 Å². The summed E-state index contributed by atoms with van der Waals surface area (Å²) >= 11 is 0. The van der Waals surface area contributed by atoms with E-state index in [4.69, 9.17) is 5.73 Å². The zero-order valence-corrected chi connectivity index (χ0v) is 11.2. The smallest absolute Gasteiger partial charge is 0.253 e. The number of aromatic nitrogens is 1. The number of nitrogens with two attached hydrogens (primary N) is 1. The van der Waals surface area contributed by atoms with E-state index in [9.17, 15) is 9.90 Å². The maximum atomic E-state index is 12.0. The average Bonchev–Trinajstić information content (AvgIpc) is 2.47. The van der Waals surface area contributed by atoms with E-state index in [1.165, 1.54) is 6.20 Å². The van der Waals surface area contributed by atoms with Crippen LogP contribution in [0.25, 0.3) is 0 Å². The first-order valence-corrected chi connectivity index (χ1v) is 6.31. The van der Waals surface area contributed by atoms with E-state index >= 15 is 0 Å². The lowest BCUT2D eigenvalue weighted by molar-refractivity contribution is 0.0915. The molecule has 0 spiro atoms. The maximum Gasteiger partial charge on any atom is 0.253 e. The molecule has 0 aliphatic carbocycles. The Morgan fingerprint density at radius 2 is 2.10 bits per heavy atom. The predicted molar refractivity (Wildman–Crippen MR) is 77.1 cm³/mol. The van der Waals surface area contributed by atoms with Gasteiger partial charge in [0, 0.05) is 6.54 Å². The Morgan fingerprint density at radius 3 is 2.80 bits per heavy atom. The molecule has 1 amide bonds. The van der Waals surface area contributed by atoms with Crippen molar-refractivity contribution in [3.8, 4) is 0 Å². The quantitative estimate of drug-likeness (QED) is 0.785. The van der Waals surface area contributed by atoms with Crippen LogP contribution >= 0.6 is 0 Å². The second-order valence-corrected chi connectivity index (χ2v) is 4.54. The number of nitrogens with one attached hydrogen (secondary N) is 1. The fourth-order valence-corrected chi connectivity index (χ4v) is 1.86. The zero-order valence-electron chi connectivity index (χ0n) is 11.2. The molecule has 20 heavy (non-hydrogen) atoms. The first-order valence-electron chi connectivity index (χ1n) is 6.31. The van der Waals surface area contributed by atoms with Gasteiger partial charge in [-0.05, 0) is 18.6 Å². The molecule has 0 aliphatic heterocycles. The fraction of sp³-hybridized carbons (Fsp3) is 0.200. The molecule has 0 bridgehead atoms. The molecule has 0 aliphatic rings. The van der Waals surface area contributed by atoms with Gasteiger partial charge >= 0.3 is 0 Å². The molecular weight excluding hydrogens is 254 g/mol. The van der Waals surface area contributed by atoms with Crippen molar-refractivity contribution in [3.05, 3.63) is 59.4 Å². The number of carbonyl (C=O) groups is 1. The lowest BCUT2D eigenvalue weighted by Crippen LogP contribution is -2.29. The summed E-state index contributed by atoms with van der Waals surface area (Å²) in [6, 6.07) is 10.7. The van der Waals surface area contributed by atoms with Gasteiger partial charge < -0.3 is 16.2 Å². The molecule has 5 heteroatoms. The Hall–Kier alpha value is -2.40. The van der Waals surface area contributed by atoms with Crippen LogP contribution in [0.3, 0.4) is 0 Å². The number of anilines is 1. The highest BCUT2D eigenvalue weighted by molar-refractivity contribution is 5.95. The van der Waals surface area contributed by atoms with Crippen molar-refractivity contribution >= 4 is 11.6 Å². The molecular formula is C15H17N3O2. The van der Waals surface area contributed by atoms with Gasteiger partial charge in [0.2, 0.25) is 0 Å². The maximum absolute atomic E-state index is 12.0. The second kappa shape index (κ2) is 6.16. The summed E-state index contributed by atoms with van der Waals surface area (Å²) < 4.78 is 0. The number of hydrogen-bond acceptors (Lipinski definition) is 4. The first kappa shape index (κ1) is 14.0. The zero-order chi connectivity index (χ0) is 14.5. The number of hydrogen-bond donors (Lipinski definition) is 3. The molecule has 104 valence electrons. The average molecular weight is 271 g/mol. The topological polar surface area (TPSA) is 88.2 Å². The Morgan fingerprint density at radius 1 is 1.40 bits per heavy atom. The Kier molecular flexibility index (Phi) is 4.32. The summed E-state index contributed by atoms with van der Waals surface area (Å²) in [5, 5.41) is 12.7. The Bertz CT molecular complexity index is 599. The number of aryl methyl sites for hydroxylation is 1. The van der Waals surface area contributed by atoms with E-state index in [1.807, 2.05) is 30.3 Å². The summed E-state index contributed by atoms with van der Waals surface area (Å²) in [4.78, 5) is 16.1. The van der Waals surface area contributed by atoms with Crippen LogP contribution in [-0.4, -0.2) is 22.5 Å². The van der Waals surface area contributed by atoms with Crippen molar-refractivity contribution in [1.82, 2.24) is 10.3 Å². The van der Waals surface area contributed by atoms with Crippen LogP contribution < -0.4 is 11.1 Å². The summed E-state index contributed by atoms with van der Waals surface area (Å²) in [6.45, 7) is 1.87. The minimum absolute atomic E-state index is 0.136. The van der Waals surface area contributed by atoms with Crippen molar-refractivity contribution in [3.63, 3.8) is 0 Å². The number of pyridine rings is 1. The van der Waals surface area contributed by atoms with Crippen molar-refractivity contribution in [1.29, 1.82) is 0 Å². The Balaban J connectivity index is 2.00. The highest BCUT2D eigenvalue weighted by Gasteiger charge is 2.13. The van der Waals surface area contributed by atoms with E-state index in [2.05, 4.69) is 10.3 Å². The highest BCUT2D eigenvalue weighted by Crippen LogP contribution is 2.12. The minimum Gasteiger partial charge on any atom is -0.397 e. The van der Waals surface area contributed by atoms with Gasteiger partial charge in [0.1, 0.15) is 0 Å². The van der Waals surface area contributed by atoms with Crippen LogP contribution in [0.1, 0.15) is 27.7 Å². The Labute approximate surface area is 117 Å². The van der Waals surface area contributed by atoms with Crippen molar-refractivity contribution < 1.29 is 9.90 Å². The molecule has 0 radical (unpaired) electrons. The molecule has 1 atom stereocenters. The highest BCUT2D eigenvalue weighted by atomic mass is 16.3. The number of nitrogen functional groups attached to an aromatic ring is 1. The number of carbonyl (C=O) groups excluding carboxylic acids is 1. The van der Waals surface area contributed by atoms with Crippen LogP contribution in [-0.2, 0) is 0 Å². The summed E-state index contributed by atoms with van der Waals surface area (Å²) in [6.07, 6.45) is 0.764. The summed E-state index contributed by atoms with van der Waals surface area (Å²) in [5.74, 6) is -0.294. The van der Waals surface area contributed by atoms with Crippen molar-refractivity contribution in [2.45, 2.75) is 13.0 Å². The molecule has 0 saturated heterocycles. The second-order valence-electron chi connectivity index (χ2n) is 4.54. The van der Waals surface area contributed by atoms with Crippen LogP contribution in [0.2, 0.25) is 0 Å². The van der Waals surface area contributed by atoms with Crippen LogP contribution in [0, 0.1) is 6.92 Å². The van der Waals surface area contributed by atoms with E-state index < -0.39 is 6.10 Å². The SMILES string of the molecule is Cc1ncc(N)cc1C(=O)NCC(O)c1ccccc1. The van der Waals surface area contributed by atoms with Crippen molar-refractivity contribution in [2.75, 3.05) is 12.3 Å². The summed E-state index contributed by atoms with van der Waals surface area (Å²) in [5.41, 5.74) is 7.84. The molecule has 1 aromatic carbocycles. The molecule has 2 aromatic rings. The number of rotatable bonds is 4. The largest absolute Gasteiger partial charge is 0.397 e. The number of benzene rings is 1. The normalized spacial score (nSPS) is 11.9. The van der Waals surface area contributed by atoms with E-state index in [0.29, 0.717) is 16.9 Å². The van der Waals surface area contributed by atoms with Gasteiger partial charge in [0.05, 0.1) is 29.2 Å². The molecule has 0 fully saturated rings. The fourth-order valence-electron chi connectivity index (χ4n) is 1.86. The molecule has 2 rings (SSSR count). The molecule has 1 unspecified atom stereocenters. The number of nitrogens with zero attached hydrogens (tertiary/aromatic N) is 1. The van der Waals surface area contributed by atoms with Gasteiger partial charge in [-0.25, -0.2) is 0 Å². The standard InChI is InChI=1S/C15H17N3O2/c1-10-13(7-12(16)8-17-10)15(20)18-9-14(19)11-5-3-2-4-6-11/h2-8,14,19H,9,16H2,1H3,(H,18,20). The molecule has 1 heterocycles. The van der Waals surface area contributed by atoms with Crippen molar-refractivity contribution in [2.24, 2.45) is 0 Å². The van der Waals surface area contributed by atoms with Gasteiger partial charge in [-0.1, -0.05) is 30.3 Å². The molecule has 0 saturated carbocycles. The molecule has 5 nitrogen and oxygen atoms in total. The lowest BCUT2D eigenvalue weighted by Gasteiger charge is -2.13. The van der Waals surface area contributed by atoms with Crippen LogP contribution in [0.5, 0.6) is 0 Å². The lowest BCUT2D eigenvalue weighted by atomic mass is 10.1. The third-order valence-electron chi connectivity index (χ3n) is 2.99. The minimum atomic E-state index is -0.741. The number of amides is 1. The van der Waals surface area contributed by atoms with E-state index in [0.717, 1.165) is 5.56 Å². The van der Waals surface area contributed by atoms with Gasteiger partial charge in [0.15, 0.2) is 0 Å². The predicted octanol–water partition coefficient (Wildman–Crippen LogP) is 1.44. The monoisotopic (exact) mass is 271 g/mol.